The summed E-state index contributed by atoms with van der Waals surface area (Å²) < 4.78 is 0. The van der Waals surface area contributed by atoms with E-state index < -0.39 is 0 Å². The van der Waals surface area contributed by atoms with E-state index in [0.717, 1.165) is 12.8 Å². The Morgan fingerprint density at radius 3 is 2.69 bits per heavy atom. The molecule has 1 fully saturated rings. The van der Waals surface area contributed by atoms with Crippen LogP contribution in [0.4, 0.5) is 0 Å². The molecule has 1 saturated carbocycles. The molecular weight excluding hydrogens is 196 g/mol. The van der Waals surface area contributed by atoms with Crippen LogP contribution in [0.5, 0.6) is 0 Å². The second-order valence-corrected chi connectivity index (χ2v) is 5.26. The van der Waals surface area contributed by atoms with Gasteiger partial charge in [-0.25, -0.2) is 0 Å². The summed E-state index contributed by atoms with van der Waals surface area (Å²) in [6, 6.07) is 8.66. The van der Waals surface area contributed by atoms with Gasteiger partial charge in [-0.05, 0) is 35.8 Å². The minimum Gasteiger partial charge on any atom is -0.299 e. The van der Waals surface area contributed by atoms with Crippen molar-refractivity contribution in [3.8, 4) is 0 Å². The number of hydrogen-bond acceptors (Lipinski definition) is 1. The Morgan fingerprint density at radius 1 is 1.12 bits per heavy atom. The number of benzene rings is 1. The van der Waals surface area contributed by atoms with Crippen molar-refractivity contribution in [1.29, 1.82) is 0 Å². The van der Waals surface area contributed by atoms with Gasteiger partial charge < -0.3 is 0 Å². The van der Waals surface area contributed by atoms with Crippen molar-refractivity contribution < 1.29 is 4.79 Å². The van der Waals surface area contributed by atoms with Gasteiger partial charge in [-0.3, -0.25) is 4.79 Å². The predicted octanol–water partition coefficient (Wildman–Crippen LogP) is 3.65. The smallest absolute Gasteiger partial charge is 0.137 e. The van der Waals surface area contributed by atoms with E-state index in [-0.39, 0.29) is 5.92 Å². The molecule has 3 atom stereocenters. The van der Waals surface area contributed by atoms with Crippen molar-refractivity contribution >= 4 is 5.78 Å². The molecule has 0 saturated heterocycles. The minimum absolute atomic E-state index is 0.278. The van der Waals surface area contributed by atoms with E-state index in [1.807, 2.05) is 0 Å². The molecule has 0 bridgehead atoms. The zero-order valence-corrected chi connectivity index (χ0v) is 9.78. The summed E-state index contributed by atoms with van der Waals surface area (Å²) in [6.07, 6.45) is 4.33. The Kier molecular flexibility index (Phi) is 2.34. The molecule has 1 heteroatoms. The molecule has 16 heavy (non-hydrogen) atoms. The lowest BCUT2D eigenvalue weighted by atomic mass is 9.83. The molecule has 0 amide bonds. The second-order valence-electron chi connectivity index (χ2n) is 5.26. The average Bonchev–Trinajstić information content (AvgIpc) is 2.46. The highest BCUT2D eigenvalue weighted by Gasteiger charge is 2.42. The maximum Gasteiger partial charge on any atom is 0.137 e. The zero-order valence-electron chi connectivity index (χ0n) is 9.78. The molecule has 0 aromatic heterocycles. The fourth-order valence-corrected chi connectivity index (χ4v) is 3.67. The molecule has 0 radical (unpaired) electrons. The summed E-state index contributed by atoms with van der Waals surface area (Å²) in [5.41, 5.74) is 2.88. The lowest BCUT2D eigenvalue weighted by Crippen LogP contribution is -2.19. The molecule has 1 nitrogen and oxygen atoms in total. The summed E-state index contributed by atoms with van der Waals surface area (Å²) in [5, 5.41) is 0. The topological polar surface area (TPSA) is 17.1 Å². The van der Waals surface area contributed by atoms with Crippen LogP contribution in [0.1, 0.15) is 55.6 Å². The van der Waals surface area contributed by atoms with Gasteiger partial charge in [0.1, 0.15) is 5.78 Å². The molecule has 84 valence electrons. The first kappa shape index (κ1) is 10.1. The summed E-state index contributed by atoms with van der Waals surface area (Å²) in [5.74, 6) is 1.74. The number of carbonyl (C=O) groups is 1. The first-order valence-electron chi connectivity index (χ1n) is 6.40. The van der Waals surface area contributed by atoms with Crippen molar-refractivity contribution in [3.63, 3.8) is 0 Å². The third kappa shape index (κ3) is 1.34. The third-order valence-corrected chi connectivity index (χ3v) is 4.42. The quantitative estimate of drug-likeness (QED) is 0.644. The van der Waals surface area contributed by atoms with E-state index in [4.69, 9.17) is 0 Å². The Bertz CT molecular complexity index is 421. The lowest BCUT2D eigenvalue weighted by molar-refractivity contribution is -0.123. The number of rotatable bonds is 0. The summed E-state index contributed by atoms with van der Waals surface area (Å²) >= 11 is 0. The van der Waals surface area contributed by atoms with Crippen LogP contribution in [0.15, 0.2) is 24.3 Å². The van der Waals surface area contributed by atoms with Crippen LogP contribution in [0.25, 0.3) is 0 Å². The molecule has 1 aromatic carbocycles. The highest BCUT2D eigenvalue weighted by molar-refractivity contribution is 5.84. The monoisotopic (exact) mass is 214 g/mol. The van der Waals surface area contributed by atoms with Gasteiger partial charge in [0.15, 0.2) is 0 Å². The Labute approximate surface area is 96.9 Å². The van der Waals surface area contributed by atoms with Gasteiger partial charge in [-0.15, -0.1) is 0 Å². The van der Waals surface area contributed by atoms with E-state index in [9.17, 15) is 4.79 Å². The Balaban J connectivity index is 2.08. The number of carbonyl (C=O) groups excluding carboxylic acids is 1. The van der Waals surface area contributed by atoms with Gasteiger partial charge in [-0.2, -0.15) is 0 Å². The Morgan fingerprint density at radius 2 is 1.88 bits per heavy atom. The number of ketones is 1. The molecule has 2 aliphatic rings. The second kappa shape index (κ2) is 3.73. The third-order valence-electron chi connectivity index (χ3n) is 4.42. The first-order chi connectivity index (χ1) is 7.79. The van der Waals surface area contributed by atoms with E-state index >= 15 is 0 Å². The molecule has 0 spiro atoms. The van der Waals surface area contributed by atoms with Crippen molar-refractivity contribution in [2.45, 2.75) is 44.4 Å². The van der Waals surface area contributed by atoms with Crippen LogP contribution in [-0.4, -0.2) is 5.78 Å². The van der Waals surface area contributed by atoms with Crippen LogP contribution in [0.3, 0.4) is 0 Å². The molecule has 3 rings (SSSR count). The Hall–Kier alpha value is -1.11. The molecule has 0 heterocycles. The van der Waals surface area contributed by atoms with Crippen molar-refractivity contribution in [2.75, 3.05) is 0 Å². The highest BCUT2D eigenvalue weighted by atomic mass is 16.1. The van der Waals surface area contributed by atoms with Crippen molar-refractivity contribution in [1.82, 2.24) is 0 Å². The van der Waals surface area contributed by atoms with Crippen LogP contribution in [0, 0.1) is 5.92 Å². The van der Waals surface area contributed by atoms with Crippen molar-refractivity contribution in [3.05, 3.63) is 35.4 Å². The maximum absolute atomic E-state index is 12.2. The fraction of sp³-hybridized carbons (Fsp3) is 0.533. The molecule has 0 aliphatic heterocycles. The van der Waals surface area contributed by atoms with Gasteiger partial charge >= 0.3 is 0 Å². The van der Waals surface area contributed by atoms with Gasteiger partial charge in [0.2, 0.25) is 0 Å². The summed E-state index contributed by atoms with van der Waals surface area (Å²) in [4.78, 5) is 12.2. The fourth-order valence-electron chi connectivity index (χ4n) is 3.67. The minimum atomic E-state index is 0.278. The predicted molar refractivity (Wildman–Crippen MR) is 64.6 cm³/mol. The molecule has 0 unspecified atom stereocenters. The van der Waals surface area contributed by atoms with Crippen LogP contribution < -0.4 is 0 Å². The summed E-state index contributed by atoms with van der Waals surface area (Å²) in [7, 11) is 0. The van der Waals surface area contributed by atoms with Crippen LogP contribution >= 0.6 is 0 Å². The van der Waals surface area contributed by atoms with E-state index in [0.29, 0.717) is 17.6 Å². The molecular formula is C15H18O. The van der Waals surface area contributed by atoms with Crippen molar-refractivity contribution in [2.24, 2.45) is 5.92 Å². The zero-order chi connectivity index (χ0) is 11.1. The molecule has 1 aromatic rings. The number of Topliss-reactive ketones (excluding diaryl/α,β-unsaturated/α-hetero) is 1. The summed E-state index contributed by atoms with van der Waals surface area (Å²) in [6.45, 7) is 2.23. The number of fused-ring (bicyclic) bond motifs is 3. The number of hydrogen-bond donors (Lipinski definition) is 0. The van der Waals surface area contributed by atoms with E-state index in [1.165, 1.54) is 24.0 Å². The average molecular weight is 214 g/mol. The largest absolute Gasteiger partial charge is 0.299 e. The van der Waals surface area contributed by atoms with E-state index in [1.54, 1.807) is 0 Å². The maximum atomic E-state index is 12.2. The SMILES string of the molecule is C[C@H]1c2ccccc2[C@@H]2CCCCC(=O)[C@H]12. The van der Waals surface area contributed by atoms with Crippen LogP contribution in [0.2, 0.25) is 0 Å². The first-order valence-corrected chi connectivity index (χ1v) is 6.40. The van der Waals surface area contributed by atoms with Gasteiger partial charge in [-0.1, -0.05) is 37.6 Å². The van der Waals surface area contributed by atoms with Crippen LogP contribution in [-0.2, 0) is 4.79 Å². The normalized spacial score (nSPS) is 33.1. The molecule has 0 N–H and O–H groups in total. The lowest BCUT2D eigenvalue weighted by Gasteiger charge is -2.19. The highest BCUT2D eigenvalue weighted by Crippen LogP contribution is 2.50. The van der Waals surface area contributed by atoms with Gasteiger partial charge in [0.25, 0.3) is 0 Å². The molecule has 2 aliphatic carbocycles. The van der Waals surface area contributed by atoms with Gasteiger partial charge in [0, 0.05) is 12.3 Å². The van der Waals surface area contributed by atoms with E-state index in [2.05, 4.69) is 31.2 Å². The van der Waals surface area contributed by atoms with Gasteiger partial charge in [0.05, 0.1) is 0 Å². The standard InChI is InChI=1S/C15H18O/c1-10-11-6-2-3-7-12(11)13-8-4-5-9-14(16)15(10)13/h2-3,6-7,10,13,15H,4-5,8-9H2,1H3/t10-,13-,15+/m0/s1.